The van der Waals surface area contributed by atoms with E-state index in [2.05, 4.69) is 15.3 Å². The number of nitrogens with one attached hydrogen (secondary N) is 1. The topological polar surface area (TPSA) is 63.8 Å². The number of unbranched alkanes of at least 4 members (excludes halogenated alkanes) is 1. The average Bonchev–Trinajstić information content (AvgIpc) is 2.72. The Hall–Kier alpha value is -1.16. The van der Waals surface area contributed by atoms with Crippen molar-refractivity contribution in [3.05, 3.63) is 17.1 Å². The summed E-state index contributed by atoms with van der Waals surface area (Å²) in [6, 6.07) is 0. The zero-order chi connectivity index (χ0) is 11.4. The fourth-order valence-corrected chi connectivity index (χ4v) is 2.18. The van der Waals surface area contributed by atoms with E-state index in [4.69, 9.17) is 5.73 Å². The number of hydrogen-bond donors (Lipinski definition) is 2. The lowest BCUT2D eigenvalue weighted by molar-refractivity contribution is 0.770. The first-order valence-electron chi connectivity index (χ1n) is 6.11. The van der Waals surface area contributed by atoms with Gasteiger partial charge in [0.05, 0.1) is 0 Å². The molecule has 0 radical (unpaired) electrons. The largest absolute Gasteiger partial charge is 0.370 e. The maximum atomic E-state index is 5.47. The van der Waals surface area contributed by atoms with Gasteiger partial charge in [-0.25, -0.2) is 9.97 Å². The smallest absolute Gasteiger partial charge is 0.133 e. The molecule has 1 aromatic rings. The van der Waals surface area contributed by atoms with Crippen molar-refractivity contribution in [2.24, 2.45) is 5.73 Å². The highest BCUT2D eigenvalue weighted by Gasteiger charge is 2.17. The van der Waals surface area contributed by atoms with Crippen LogP contribution in [-0.2, 0) is 12.8 Å². The van der Waals surface area contributed by atoms with Gasteiger partial charge in [-0.15, -0.1) is 0 Å². The molecule has 0 aliphatic heterocycles. The number of aryl methyl sites for hydroxylation is 2. The van der Waals surface area contributed by atoms with Crippen LogP contribution in [0.3, 0.4) is 0 Å². The summed E-state index contributed by atoms with van der Waals surface area (Å²) in [7, 11) is 0. The molecule has 0 spiro atoms. The van der Waals surface area contributed by atoms with Crippen LogP contribution in [0.5, 0.6) is 0 Å². The average molecular weight is 220 g/mol. The van der Waals surface area contributed by atoms with Gasteiger partial charge in [0.15, 0.2) is 0 Å². The molecule has 88 valence electrons. The first-order chi connectivity index (χ1) is 7.81. The van der Waals surface area contributed by atoms with Gasteiger partial charge in [0.25, 0.3) is 0 Å². The van der Waals surface area contributed by atoms with E-state index in [0.29, 0.717) is 0 Å². The van der Waals surface area contributed by atoms with Gasteiger partial charge in [-0.2, -0.15) is 0 Å². The normalized spacial score (nSPS) is 13.9. The van der Waals surface area contributed by atoms with E-state index < -0.39 is 0 Å². The van der Waals surface area contributed by atoms with Crippen LogP contribution >= 0.6 is 0 Å². The van der Waals surface area contributed by atoms with Gasteiger partial charge < -0.3 is 11.1 Å². The lowest BCUT2D eigenvalue weighted by atomic mass is 10.2. The maximum absolute atomic E-state index is 5.47. The Labute approximate surface area is 96.7 Å². The molecule has 0 amide bonds. The highest BCUT2D eigenvalue weighted by molar-refractivity contribution is 5.48. The number of nitrogens with two attached hydrogens (primary N) is 1. The van der Waals surface area contributed by atoms with Crippen molar-refractivity contribution in [3.8, 4) is 0 Å². The third kappa shape index (κ3) is 2.50. The molecule has 4 nitrogen and oxygen atoms in total. The third-order valence-corrected chi connectivity index (χ3v) is 2.97. The summed E-state index contributed by atoms with van der Waals surface area (Å²) in [6.07, 6.45) is 5.61. The molecule has 0 unspecified atom stereocenters. The summed E-state index contributed by atoms with van der Waals surface area (Å²) < 4.78 is 0. The minimum absolute atomic E-state index is 0.766. The number of fused-ring (bicyclic) bond motifs is 1. The van der Waals surface area contributed by atoms with Gasteiger partial charge in [0.2, 0.25) is 0 Å². The molecule has 0 saturated carbocycles. The molecule has 0 aromatic carbocycles. The molecule has 1 aliphatic rings. The van der Waals surface area contributed by atoms with Gasteiger partial charge in [-0.3, -0.25) is 0 Å². The molecule has 1 heterocycles. The first kappa shape index (κ1) is 11.3. The highest BCUT2D eigenvalue weighted by atomic mass is 15.0. The second kappa shape index (κ2) is 5.25. The molecule has 0 atom stereocenters. The summed E-state index contributed by atoms with van der Waals surface area (Å²) in [5.41, 5.74) is 8.04. The summed E-state index contributed by atoms with van der Waals surface area (Å²) >= 11 is 0. The Bertz CT molecular complexity index is 362. The Balaban J connectivity index is 2.03. The van der Waals surface area contributed by atoms with Gasteiger partial charge in [0.1, 0.15) is 11.6 Å². The number of aromatic nitrogens is 2. The van der Waals surface area contributed by atoms with Gasteiger partial charge in [0, 0.05) is 17.8 Å². The van der Waals surface area contributed by atoms with Gasteiger partial charge in [-0.05, 0) is 45.6 Å². The van der Waals surface area contributed by atoms with Crippen molar-refractivity contribution in [1.29, 1.82) is 0 Å². The number of rotatable bonds is 5. The van der Waals surface area contributed by atoms with Crippen molar-refractivity contribution in [3.63, 3.8) is 0 Å². The summed E-state index contributed by atoms with van der Waals surface area (Å²) in [6.45, 7) is 3.69. The van der Waals surface area contributed by atoms with Crippen molar-refractivity contribution >= 4 is 5.82 Å². The minimum Gasteiger partial charge on any atom is -0.370 e. The van der Waals surface area contributed by atoms with Gasteiger partial charge >= 0.3 is 0 Å². The Morgan fingerprint density at radius 3 is 2.94 bits per heavy atom. The molecular weight excluding hydrogens is 200 g/mol. The first-order valence-corrected chi connectivity index (χ1v) is 6.11. The molecule has 0 fully saturated rings. The molecule has 1 aromatic heterocycles. The summed E-state index contributed by atoms with van der Waals surface area (Å²) in [5, 5.41) is 3.41. The maximum Gasteiger partial charge on any atom is 0.133 e. The van der Waals surface area contributed by atoms with E-state index in [1.54, 1.807) is 0 Å². The fourth-order valence-electron chi connectivity index (χ4n) is 2.18. The van der Waals surface area contributed by atoms with Crippen LogP contribution in [0.2, 0.25) is 0 Å². The second-order valence-electron chi connectivity index (χ2n) is 4.32. The molecular formula is C12H20N4. The van der Waals surface area contributed by atoms with Crippen LogP contribution < -0.4 is 11.1 Å². The molecule has 4 heteroatoms. The number of hydrogen-bond acceptors (Lipinski definition) is 4. The predicted molar refractivity (Wildman–Crippen MR) is 65.6 cm³/mol. The second-order valence-corrected chi connectivity index (χ2v) is 4.32. The van der Waals surface area contributed by atoms with E-state index in [0.717, 1.165) is 50.4 Å². The quantitative estimate of drug-likeness (QED) is 0.737. The number of anilines is 1. The zero-order valence-electron chi connectivity index (χ0n) is 9.92. The lowest BCUT2D eigenvalue weighted by Gasteiger charge is -2.10. The number of nitrogens with zero attached hydrogens (tertiary/aromatic N) is 2. The van der Waals surface area contributed by atoms with Crippen molar-refractivity contribution in [2.45, 2.75) is 39.0 Å². The van der Waals surface area contributed by atoms with Crippen molar-refractivity contribution in [2.75, 3.05) is 18.4 Å². The van der Waals surface area contributed by atoms with Crippen LogP contribution in [0.25, 0.3) is 0 Å². The third-order valence-electron chi connectivity index (χ3n) is 2.97. The Morgan fingerprint density at radius 2 is 2.12 bits per heavy atom. The summed E-state index contributed by atoms with van der Waals surface area (Å²) in [5.74, 6) is 1.93. The Kier molecular flexibility index (Phi) is 3.72. The van der Waals surface area contributed by atoms with E-state index in [9.17, 15) is 0 Å². The molecule has 1 aliphatic carbocycles. The van der Waals surface area contributed by atoms with Crippen LogP contribution in [-0.4, -0.2) is 23.1 Å². The summed E-state index contributed by atoms with van der Waals surface area (Å²) in [4.78, 5) is 8.98. The standard InChI is InChI=1S/C12H20N4/c1-9-15-11-6-4-5-10(11)12(16-9)14-8-3-2-7-13/h2-8,13H2,1H3,(H,14,15,16). The van der Waals surface area contributed by atoms with Gasteiger partial charge in [-0.1, -0.05) is 0 Å². The van der Waals surface area contributed by atoms with Crippen molar-refractivity contribution in [1.82, 2.24) is 9.97 Å². The van der Waals surface area contributed by atoms with E-state index in [1.807, 2.05) is 6.92 Å². The van der Waals surface area contributed by atoms with E-state index in [1.165, 1.54) is 17.7 Å². The van der Waals surface area contributed by atoms with Crippen LogP contribution in [0.15, 0.2) is 0 Å². The minimum atomic E-state index is 0.766. The van der Waals surface area contributed by atoms with Crippen LogP contribution in [0.1, 0.15) is 36.3 Å². The van der Waals surface area contributed by atoms with Crippen LogP contribution in [0.4, 0.5) is 5.82 Å². The monoisotopic (exact) mass is 220 g/mol. The highest BCUT2D eigenvalue weighted by Crippen LogP contribution is 2.25. The SMILES string of the molecule is Cc1nc2c(c(NCCCCN)n1)CCC2. The molecule has 0 saturated heterocycles. The molecule has 3 N–H and O–H groups in total. The molecule has 2 rings (SSSR count). The predicted octanol–water partition coefficient (Wildman–Crippen LogP) is 1.42. The Morgan fingerprint density at radius 1 is 1.25 bits per heavy atom. The van der Waals surface area contributed by atoms with Crippen LogP contribution in [0, 0.1) is 6.92 Å². The van der Waals surface area contributed by atoms with Crippen molar-refractivity contribution < 1.29 is 0 Å². The van der Waals surface area contributed by atoms with E-state index >= 15 is 0 Å². The lowest BCUT2D eigenvalue weighted by Crippen LogP contribution is -2.10. The zero-order valence-corrected chi connectivity index (χ0v) is 9.92. The fraction of sp³-hybridized carbons (Fsp3) is 0.667. The van der Waals surface area contributed by atoms with E-state index in [-0.39, 0.29) is 0 Å². The molecule has 16 heavy (non-hydrogen) atoms. The molecule has 0 bridgehead atoms.